The molecule has 1 heterocycles. The number of aliphatic hydroxyl groups is 1. The van der Waals surface area contributed by atoms with Gasteiger partial charge < -0.3 is 10.0 Å². The van der Waals surface area contributed by atoms with Crippen LogP contribution in [0.2, 0.25) is 0 Å². The van der Waals surface area contributed by atoms with Crippen molar-refractivity contribution in [1.29, 1.82) is 0 Å². The molecule has 1 rings (SSSR count). The highest BCUT2D eigenvalue weighted by atomic mass is 32.2. The van der Waals surface area contributed by atoms with Crippen molar-refractivity contribution in [2.24, 2.45) is 0 Å². The molecule has 0 spiro atoms. The van der Waals surface area contributed by atoms with Crippen molar-refractivity contribution >= 4 is 17.7 Å². The highest BCUT2D eigenvalue weighted by Gasteiger charge is 2.39. The quantitative estimate of drug-likeness (QED) is 0.824. The Labute approximate surface area is 96.0 Å². The van der Waals surface area contributed by atoms with Gasteiger partial charge in [-0.1, -0.05) is 6.92 Å². The molecule has 94 valence electrons. The number of likely N-dealkylation sites (tertiary alicyclic amines) is 1. The lowest BCUT2D eigenvalue weighted by molar-refractivity contribution is -0.157. The molecule has 0 unspecified atom stereocenters. The van der Waals surface area contributed by atoms with Crippen LogP contribution in [0.15, 0.2) is 0 Å². The first-order valence-corrected chi connectivity index (χ1v) is 5.89. The lowest BCUT2D eigenvalue weighted by atomic mass is 10.4. The van der Waals surface area contributed by atoms with Gasteiger partial charge in [0.2, 0.25) is 5.91 Å². The molecule has 1 amide bonds. The molecule has 1 N–H and O–H groups in total. The number of hydrogen-bond donors (Lipinski definition) is 1. The van der Waals surface area contributed by atoms with Gasteiger partial charge in [-0.15, -0.1) is 11.8 Å². The fourth-order valence-electron chi connectivity index (χ4n) is 1.53. The highest BCUT2D eigenvalue weighted by Crippen LogP contribution is 2.29. The third-order valence-electron chi connectivity index (χ3n) is 2.27. The molecule has 7 heteroatoms. The van der Waals surface area contributed by atoms with Crippen LogP contribution in [0.4, 0.5) is 13.2 Å². The normalized spacial score (nSPS) is 23.9. The molecule has 1 aliphatic rings. The smallest absolute Gasteiger partial charge is 0.395 e. The second-order valence-corrected chi connectivity index (χ2v) is 5.43. The van der Waals surface area contributed by atoms with Gasteiger partial charge in [-0.25, -0.2) is 0 Å². The van der Waals surface area contributed by atoms with Crippen LogP contribution in [-0.4, -0.2) is 52.3 Å². The monoisotopic (exact) mass is 257 g/mol. The van der Waals surface area contributed by atoms with E-state index < -0.39 is 23.9 Å². The average molecular weight is 257 g/mol. The first-order chi connectivity index (χ1) is 7.33. The standard InChI is InChI=1S/C9H14F3NO2S/c1-6(4-14)16-7-2-3-13(8(7)15)5-9(10,11)12/h6-7,14H,2-5H2,1H3/t6-,7-/m1/s1. The van der Waals surface area contributed by atoms with E-state index in [0.717, 1.165) is 4.90 Å². The van der Waals surface area contributed by atoms with E-state index >= 15 is 0 Å². The van der Waals surface area contributed by atoms with Gasteiger partial charge in [-0.05, 0) is 6.42 Å². The van der Waals surface area contributed by atoms with E-state index in [0.29, 0.717) is 6.42 Å². The summed E-state index contributed by atoms with van der Waals surface area (Å²) < 4.78 is 36.3. The summed E-state index contributed by atoms with van der Waals surface area (Å²) in [5.41, 5.74) is 0. The zero-order chi connectivity index (χ0) is 12.3. The number of nitrogens with zero attached hydrogens (tertiary/aromatic N) is 1. The van der Waals surface area contributed by atoms with Crippen LogP contribution in [-0.2, 0) is 4.79 Å². The van der Waals surface area contributed by atoms with Crippen molar-refractivity contribution in [2.45, 2.75) is 30.0 Å². The molecule has 1 aliphatic heterocycles. The molecule has 0 aliphatic carbocycles. The summed E-state index contributed by atoms with van der Waals surface area (Å²) in [7, 11) is 0. The molecule has 0 saturated carbocycles. The molecule has 3 nitrogen and oxygen atoms in total. The van der Waals surface area contributed by atoms with Crippen molar-refractivity contribution < 1.29 is 23.1 Å². The molecule has 1 fully saturated rings. The number of thioether (sulfide) groups is 1. The van der Waals surface area contributed by atoms with Gasteiger partial charge in [0.25, 0.3) is 0 Å². The van der Waals surface area contributed by atoms with E-state index in [2.05, 4.69) is 0 Å². The first-order valence-electron chi connectivity index (χ1n) is 4.95. The summed E-state index contributed by atoms with van der Waals surface area (Å²) in [6.45, 7) is 0.642. The second-order valence-electron chi connectivity index (χ2n) is 3.78. The Kier molecular flexibility index (Phi) is 4.49. The van der Waals surface area contributed by atoms with Crippen LogP contribution >= 0.6 is 11.8 Å². The second kappa shape index (κ2) is 5.27. The van der Waals surface area contributed by atoms with E-state index in [1.54, 1.807) is 6.92 Å². The van der Waals surface area contributed by atoms with Gasteiger partial charge in [0.05, 0.1) is 11.9 Å². The molecular weight excluding hydrogens is 243 g/mol. The summed E-state index contributed by atoms with van der Waals surface area (Å²) in [6.07, 6.45) is -3.91. The van der Waals surface area contributed by atoms with E-state index in [1.165, 1.54) is 11.8 Å². The van der Waals surface area contributed by atoms with E-state index in [9.17, 15) is 18.0 Å². The van der Waals surface area contributed by atoms with Gasteiger partial charge in [-0.3, -0.25) is 4.79 Å². The molecule has 16 heavy (non-hydrogen) atoms. The van der Waals surface area contributed by atoms with Crippen LogP contribution in [0.1, 0.15) is 13.3 Å². The Morgan fingerprint density at radius 1 is 1.62 bits per heavy atom. The number of rotatable bonds is 4. The van der Waals surface area contributed by atoms with Crippen molar-refractivity contribution in [3.63, 3.8) is 0 Å². The van der Waals surface area contributed by atoms with Gasteiger partial charge in [0.15, 0.2) is 0 Å². The van der Waals surface area contributed by atoms with E-state index in [4.69, 9.17) is 5.11 Å². The summed E-state index contributed by atoms with van der Waals surface area (Å²) in [5.74, 6) is -0.470. The van der Waals surface area contributed by atoms with Crippen molar-refractivity contribution in [3.8, 4) is 0 Å². The molecule has 0 aromatic rings. The number of carbonyl (C=O) groups excluding carboxylic acids is 1. The third kappa shape index (κ3) is 3.86. The van der Waals surface area contributed by atoms with E-state index in [-0.39, 0.29) is 18.4 Å². The van der Waals surface area contributed by atoms with Gasteiger partial charge in [0, 0.05) is 11.8 Å². The van der Waals surface area contributed by atoms with Crippen LogP contribution in [0.25, 0.3) is 0 Å². The fraction of sp³-hybridized carbons (Fsp3) is 0.889. The van der Waals surface area contributed by atoms with Crippen molar-refractivity contribution in [1.82, 2.24) is 4.90 Å². The molecule has 0 aromatic carbocycles. The topological polar surface area (TPSA) is 40.5 Å². The lowest BCUT2D eigenvalue weighted by Crippen LogP contribution is -2.37. The minimum absolute atomic E-state index is 0.0757. The maximum Gasteiger partial charge on any atom is 0.406 e. The SMILES string of the molecule is C[C@H](CO)S[C@@H]1CCN(CC(F)(F)F)C1=O. The number of hydrogen-bond acceptors (Lipinski definition) is 3. The Hall–Kier alpha value is -0.430. The highest BCUT2D eigenvalue weighted by molar-refractivity contribution is 8.01. The average Bonchev–Trinajstić information content (AvgIpc) is 2.47. The van der Waals surface area contributed by atoms with Crippen LogP contribution < -0.4 is 0 Å². The number of halogens is 3. The Balaban J connectivity index is 2.48. The Morgan fingerprint density at radius 2 is 2.25 bits per heavy atom. The minimum Gasteiger partial charge on any atom is -0.395 e. The third-order valence-corrected chi connectivity index (χ3v) is 3.65. The van der Waals surface area contributed by atoms with Crippen molar-refractivity contribution in [2.75, 3.05) is 19.7 Å². The maximum atomic E-state index is 12.1. The Bertz CT molecular complexity index is 260. The minimum atomic E-state index is -4.34. The molecule has 1 saturated heterocycles. The lowest BCUT2D eigenvalue weighted by Gasteiger charge is -2.19. The Morgan fingerprint density at radius 3 is 2.75 bits per heavy atom. The molecule has 0 radical (unpaired) electrons. The summed E-state index contributed by atoms with van der Waals surface area (Å²) in [6, 6.07) is 0. The fourth-order valence-corrected chi connectivity index (χ4v) is 2.69. The van der Waals surface area contributed by atoms with Gasteiger partial charge in [-0.2, -0.15) is 13.2 Å². The summed E-state index contributed by atoms with van der Waals surface area (Å²) >= 11 is 1.24. The zero-order valence-electron chi connectivity index (χ0n) is 8.83. The summed E-state index contributed by atoms with van der Waals surface area (Å²) in [5, 5.41) is 8.24. The van der Waals surface area contributed by atoms with Gasteiger partial charge >= 0.3 is 6.18 Å². The maximum absolute atomic E-state index is 12.1. The first kappa shape index (κ1) is 13.6. The molecule has 0 bridgehead atoms. The summed E-state index contributed by atoms with van der Waals surface area (Å²) in [4.78, 5) is 12.4. The number of aliphatic hydroxyl groups excluding tert-OH is 1. The van der Waals surface area contributed by atoms with Gasteiger partial charge in [0.1, 0.15) is 6.54 Å². The predicted octanol–water partition coefficient (Wildman–Crippen LogP) is 1.26. The molecular formula is C9H14F3NO2S. The van der Waals surface area contributed by atoms with Crippen molar-refractivity contribution in [3.05, 3.63) is 0 Å². The predicted molar refractivity (Wildman–Crippen MR) is 55.2 cm³/mol. The van der Waals surface area contributed by atoms with Crippen LogP contribution in [0.3, 0.4) is 0 Å². The van der Waals surface area contributed by atoms with E-state index in [1.807, 2.05) is 0 Å². The molecule has 0 aromatic heterocycles. The van der Waals surface area contributed by atoms with Crippen LogP contribution in [0.5, 0.6) is 0 Å². The molecule has 2 atom stereocenters. The van der Waals surface area contributed by atoms with Crippen LogP contribution in [0, 0.1) is 0 Å². The zero-order valence-corrected chi connectivity index (χ0v) is 9.64. The number of amides is 1. The largest absolute Gasteiger partial charge is 0.406 e. The number of alkyl halides is 3. The number of carbonyl (C=O) groups is 1.